The van der Waals surface area contributed by atoms with E-state index in [1.807, 2.05) is 0 Å². The highest BCUT2D eigenvalue weighted by Gasteiger charge is 2.13. The molecule has 0 aliphatic rings. The molecule has 0 fully saturated rings. The first-order valence-corrected chi connectivity index (χ1v) is 6.98. The van der Waals surface area contributed by atoms with E-state index in [0.29, 0.717) is 0 Å². The summed E-state index contributed by atoms with van der Waals surface area (Å²) < 4.78 is 0. The third-order valence-electron chi connectivity index (χ3n) is 4.44. The smallest absolute Gasteiger partial charge is 0.0120 e. The van der Waals surface area contributed by atoms with Crippen molar-refractivity contribution in [2.75, 3.05) is 0 Å². The van der Waals surface area contributed by atoms with E-state index < -0.39 is 0 Å². The van der Waals surface area contributed by atoms with Gasteiger partial charge in [-0.25, -0.2) is 0 Å². The zero-order chi connectivity index (χ0) is 14.3. The molecule has 0 spiro atoms. The Bertz CT molecular complexity index is 646. The summed E-state index contributed by atoms with van der Waals surface area (Å²) in [6.07, 6.45) is 0. The van der Waals surface area contributed by atoms with Gasteiger partial charge in [0.2, 0.25) is 0 Å². The molecule has 0 N–H and O–H groups in total. The fourth-order valence-corrected chi connectivity index (χ4v) is 3.00. The summed E-state index contributed by atoms with van der Waals surface area (Å²) >= 11 is 0. The van der Waals surface area contributed by atoms with E-state index in [-0.39, 0.29) is 0 Å². The van der Waals surface area contributed by atoms with Gasteiger partial charge in [-0.05, 0) is 93.0 Å². The second kappa shape index (κ2) is 4.85. The van der Waals surface area contributed by atoms with Crippen LogP contribution >= 0.6 is 0 Å². The minimum Gasteiger partial charge on any atom is -0.0561 e. The van der Waals surface area contributed by atoms with Gasteiger partial charge in [0, 0.05) is 0 Å². The van der Waals surface area contributed by atoms with Crippen LogP contribution in [0.25, 0.3) is 11.1 Å². The van der Waals surface area contributed by atoms with Crippen molar-refractivity contribution in [2.24, 2.45) is 0 Å². The SMILES string of the molecule is Cc1cc(C)c(C)c(-c2c(C)cc(C)c(C)c2C)c1. The van der Waals surface area contributed by atoms with E-state index >= 15 is 0 Å². The van der Waals surface area contributed by atoms with Gasteiger partial charge in [-0.2, -0.15) is 0 Å². The van der Waals surface area contributed by atoms with Gasteiger partial charge < -0.3 is 0 Å². The Morgan fingerprint density at radius 3 is 1.74 bits per heavy atom. The quantitative estimate of drug-likeness (QED) is 0.627. The molecule has 0 nitrogen and oxygen atoms in total. The maximum Gasteiger partial charge on any atom is -0.0120 e. The standard InChI is InChI=1S/C19H24/c1-11-8-12(2)16(6)18(9-11)19-14(4)10-13(3)15(5)17(19)7/h8-10H,1-7H3. The van der Waals surface area contributed by atoms with Crippen molar-refractivity contribution in [1.29, 1.82) is 0 Å². The molecule has 0 saturated carbocycles. The van der Waals surface area contributed by atoms with Gasteiger partial charge in [-0.1, -0.05) is 23.8 Å². The van der Waals surface area contributed by atoms with E-state index in [1.54, 1.807) is 0 Å². The van der Waals surface area contributed by atoms with Gasteiger partial charge >= 0.3 is 0 Å². The molecule has 0 bridgehead atoms. The third kappa shape index (κ3) is 2.32. The number of hydrogen-bond donors (Lipinski definition) is 0. The van der Waals surface area contributed by atoms with E-state index in [1.165, 1.54) is 50.1 Å². The number of rotatable bonds is 1. The molecule has 0 heteroatoms. The largest absolute Gasteiger partial charge is 0.0561 e. The summed E-state index contributed by atoms with van der Waals surface area (Å²) in [6.45, 7) is 15.5. The van der Waals surface area contributed by atoms with Gasteiger partial charge in [-0.15, -0.1) is 0 Å². The lowest BCUT2D eigenvalue weighted by atomic mass is 9.86. The Hall–Kier alpha value is -1.56. The Morgan fingerprint density at radius 1 is 0.526 bits per heavy atom. The van der Waals surface area contributed by atoms with Crippen molar-refractivity contribution in [3.05, 3.63) is 57.1 Å². The molecular formula is C19H24. The summed E-state index contributed by atoms with van der Waals surface area (Å²) in [6, 6.07) is 6.91. The van der Waals surface area contributed by atoms with Crippen molar-refractivity contribution >= 4 is 0 Å². The number of hydrogen-bond acceptors (Lipinski definition) is 0. The molecule has 19 heavy (non-hydrogen) atoms. The van der Waals surface area contributed by atoms with Crippen LogP contribution in [0.5, 0.6) is 0 Å². The maximum absolute atomic E-state index is 2.33. The van der Waals surface area contributed by atoms with Crippen molar-refractivity contribution in [3.8, 4) is 11.1 Å². The Morgan fingerprint density at radius 2 is 1.11 bits per heavy atom. The Labute approximate surface area is 117 Å². The molecule has 100 valence electrons. The molecule has 0 amide bonds. The molecule has 0 heterocycles. The molecule has 2 aromatic carbocycles. The zero-order valence-electron chi connectivity index (χ0n) is 13.2. The predicted molar refractivity (Wildman–Crippen MR) is 85.0 cm³/mol. The predicted octanol–water partition coefficient (Wildman–Crippen LogP) is 5.51. The molecule has 0 aliphatic heterocycles. The van der Waals surface area contributed by atoms with Crippen LogP contribution in [0, 0.1) is 48.5 Å². The fourth-order valence-electron chi connectivity index (χ4n) is 3.00. The highest BCUT2D eigenvalue weighted by atomic mass is 14.2. The molecule has 0 unspecified atom stereocenters. The normalized spacial score (nSPS) is 10.9. The molecule has 0 atom stereocenters. The summed E-state index contributed by atoms with van der Waals surface area (Å²) in [5.74, 6) is 0. The first-order valence-electron chi connectivity index (χ1n) is 6.98. The van der Waals surface area contributed by atoms with Crippen LogP contribution in [0.1, 0.15) is 38.9 Å². The second-order valence-electron chi connectivity index (χ2n) is 5.89. The van der Waals surface area contributed by atoms with Crippen LogP contribution in [0.4, 0.5) is 0 Å². The van der Waals surface area contributed by atoms with E-state index in [4.69, 9.17) is 0 Å². The molecule has 2 aromatic rings. The van der Waals surface area contributed by atoms with Crippen LogP contribution < -0.4 is 0 Å². The minimum absolute atomic E-state index is 1.34. The van der Waals surface area contributed by atoms with E-state index in [2.05, 4.69) is 66.7 Å². The van der Waals surface area contributed by atoms with Crippen LogP contribution in [-0.4, -0.2) is 0 Å². The molecule has 0 aromatic heterocycles. The fraction of sp³-hybridized carbons (Fsp3) is 0.368. The van der Waals surface area contributed by atoms with E-state index in [9.17, 15) is 0 Å². The topological polar surface area (TPSA) is 0 Å². The number of aryl methyl sites for hydroxylation is 4. The highest BCUT2D eigenvalue weighted by molar-refractivity contribution is 5.76. The van der Waals surface area contributed by atoms with Gasteiger partial charge in [0.15, 0.2) is 0 Å². The molecule has 2 rings (SSSR count). The van der Waals surface area contributed by atoms with Crippen molar-refractivity contribution in [2.45, 2.75) is 48.5 Å². The summed E-state index contributed by atoms with van der Waals surface area (Å²) in [5.41, 5.74) is 12.6. The molecule has 0 aliphatic carbocycles. The van der Waals surface area contributed by atoms with Crippen LogP contribution in [-0.2, 0) is 0 Å². The minimum atomic E-state index is 1.34. The Kier molecular flexibility index (Phi) is 3.54. The first kappa shape index (κ1) is 13.9. The van der Waals surface area contributed by atoms with Crippen molar-refractivity contribution < 1.29 is 0 Å². The number of benzene rings is 2. The van der Waals surface area contributed by atoms with Crippen molar-refractivity contribution in [1.82, 2.24) is 0 Å². The molecular weight excluding hydrogens is 228 g/mol. The van der Waals surface area contributed by atoms with Gasteiger partial charge in [0.1, 0.15) is 0 Å². The monoisotopic (exact) mass is 252 g/mol. The molecule has 0 saturated heterocycles. The van der Waals surface area contributed by atoms with Crippen molar-refractivity contribution in [3.63, 3.8) is 0 Å². The van der Waals surface area contributed by atoms with Gasteiger partial charge in [0.05, 0.1) is 0 Å². The molecule has 0 radical (unpaired) electrons. The summed E-state index contributed by atoms with van der Waals surface area (Å²) in [5, 5.41) is 0. The van der Waals surface area contributed by atoms with E-state index in [0.717, 1.165) is 0 Å². The van der Waals surface area contributed by atoms with Gasteiger partial charge in [-0.3, -0.25) is 0 Å². The average Bonchev–Trinajstić information content (AvgIpc) is 2.32. The van der Waals surface area contributed by atoms with Crippen LogP contribution in [0.2, 0.25) is 0 Å². The third-order valence-corrected chi connectivity index (χ3v) is 4.44. The lowest BCUT2D eigenvalue weighted by Gasteiger charge is -2.18. The first-order chi connectivity index (χ1) is 8.82. The average molecular weight is 252 g/mol. The second-order valence-corrected chi connectivity index (χ2v) is 5.89. The van der Waals surface area contributed by atoms with Gasteiger partial charge in [0.25, 0.3) is 0 Å². The van der Waals surface area contributed by atoms with Crippen LogP contribution in [0.3, 0.4) is 0 Å². The lowest BCUT2D eigenvalue weighted by molar-refractivity contribution is 1.22. The Balaban J connectivity index is 2.83. The van der Waals surface area contributed by atoms with Crippen LogP contribution in [0.15, 0.2) is 18.2 Å². The zero-order valence-corrected chi connectivity index (χ0v) is 13.2. The lowest BCUT2D eigenvalue weighted by Crippen LogP contribution is -1.98. The summed E-state index contributed by atoms with van der Waals surface area (Å²) in [7, 11) is 0. The highest BCUT2D eigenvalue weighted by Crippen LogP contribution is 2.34. The maximum atomic E-state index is 2.33. The summed E-state index contributed by atoms with van der Waals surface area (Å²) in [4.78, 5) is 0.